The van der Waals surface area contributed by atoms with Crippen LogP contribution in [0.2, 0.25) is 0 Å². The Balaban J connectivity index is 2.06. The molecule has 0 aromatic carbocycles. The Labute approximate surface area is 55.3 Å². The van der Waals surface area contributed by atoms with E-state index >= 15 is 0 Å². The number of aliphatic hydroxyl groups excluding tert-OH is 1. The molecule has 2 nitrogen and oxygen atoms in total. The van der Waals surface area contributed by atoms with E-state index in [1.165, 1.54) is 12.8 Å². The van der Waals surface area contributed by atoms with Crippen molar-refractivity contribution in [3.05, 3.63) is 0 Å². The van der Waals surface area contributed by atoms with Gasteiger partial charge in [0.1, 0.15) is 0 Å². The van der Waals surface area contributed by atoms with Crippen LogP contribution in [0.3, 0.4) is 0 Å². The molecule has 1 aliphatic carbocycles. The highest BCUT2D eigenvalue weighted by Gasteiger charge is 2.33. The molecule has 0 aromatic heterocycles. The highest BCUT2D eigenvalue weighted by molar-refractivity contribution is 4.90. The van der Waals surface area contributed by atoms with Crippen LogP contribution in [0.25, 0.3) is 0 Å². The summed E-state index contributed by atoms with van der Waals surface area (Å²) in [5.74, 6) is 0.565. The van der Waals surface area contributed by atoms with E-state index in [1.54, 1.807) is 0 Å². The van der Waals surface area contributed by atoms with Gasteiger partial charge in [-0.2, -0.15) is 0 Å². The summed E-state index contributed by atoms with van der Waals surface area (Å²) >= 11 is 0. The van der Waals surface area contributed by atoms with Crippen LogP contribution in [0, 0.1) is 5.92 Å². The van der Waals surface area contributed by atoms with Gasteiger partial charge in [-0.05, 0) is 25.2 Å². The first-order valence-corrected chi connectivity index (χ1v) is 3.78. The maximum Gasteiger partial charge on any atom is 0.0595 e. The molecule has 2 N–H and O–H groups in total. The molecule has 3 rings (SSSR count). The molecule has 2 aliphatic heterocycles. The second-order valence-corrected chi connectivity index (χ2v) is 3.25. The predicted octanol–water partition coefficient (Wildman–Crippen LogP) is 0.119. The van der Waals surface area contributed by atoms with Crippen molar-refractivity contribution in [1.82, 2.24) is 5.32 Å². The number of nitrogens with one attached hydrogen (secondary N) is 1. The average molecular weight is 127 g/mol. The molecule has 0 spiro atoms. The quantitative estimate of drug-likeness (QED) is 0.484. The lowest BCUT2D eigenvalue weighted by Gasteiger charge is -2.40. The molecule has 2 saturated heterocycles. The van der Waals surface area contributed by atoms with E-state index in [-0.39, 0.29) is 6.10 Å². The van der Waals surface area contributed by atoms with Crippen LogP contribution < -0.4 is 5.32 Å². The van der Waals surface area contributed by atoms with Gasteiger partial charge in [0.2, 0.25) is 0 Å². The summed E-state index contributed by atoms with van der Waals surface area (Å²) < 4.78 is 0. The standard InChI is InChI=1S/C7H13NO/c9-7-3-6-2-1-5(7)4-8-6/h5-9H,1-4H2/t5-,6+,7-/m0/s1. The van der Waals surface area contributed by atoms with Crippen molar-refractivity contribution in [3.63, 3.8) is 0 Å². The van der Waals surface area contributed by atoms with Gasteiger partial charge in [-0.25, -0.2) is 0 Å². The Kier molecular flexibility index (Phi) is 1.24. The van der Waals surface area contributed by atoms with E-state index in [4.69, 9.17) is 0 Å². The second-order valence-electron chi connectivity index (χ2n) is 3.25. The summed E-state index contributed by atoms with van der Waals surface area (Å²) in [6.07, 6.45) is 3.51. The molecule has 1 saturated carbocycles. The molecule has 0 unspecified atom stereocenters. The van der Waals surface area contributed by atoms with Crippen molar-refractivity contribution < 1.29 is 5.11 Å². The maximum atomic E-state index is 9.36. The summed E-state index contributed by atoms with van der Waals surface area (Å²) in [7, 11) is 0. The molecule has 2 bridgehead atoms. The lowest BCUT2D eigenvalue weighted by atomic mass is 9.79. The van der Waals surface area contributed by atoms with Gasteiger partial charge in [-0.15, -0.1) is 0 Å². The molecule has 2 heteroatoms. The predicted molar refractivity (Wildman–Crippen MR) is 35.1 cm³/mol. The molecule has 3 atom stereocenters. The minimum Gasteiger partial charge on any atom is -0.393 e. The number of fused-ring (bicyclic) bond motifs is 3. The average Bonchev–Trinajstić information content (AvgIpc) is 1.90. The first-order valence-electron chi connectivity index (χ1n) is 3.78. The van der Waals surface area contributed by atoms with Crippen molar-refractivity contribution >= 4 is 0 Å². The monoisotopic (exact) mass is 127 g/mol. The van der Waals surface area contributed by atoms with Crippen molar-refractivity contribution in [2.45, 2.75) is 31.4 Å². The van der Waals surface area contributed by atoms with Crippen molar-refractivity contribution in [1.29, 1.82) is 0 Å². The van der Waals surface area contributed by atoms with E-state index < -0.39 is 0 Å². The number of hydrogen-bond donors (Lipinski definition) is 2. The summed E-state index contributed by atoms with van der Waals surface area (Å²) in [6.45, 7) is 1.05. The van der Waals surface area contributed by atoms with Crippen molar-refractivity contribution in [3.8, 4) is 0 Å². The lowest BCUT2D eigenvalue weighted by molar-refractivity contribution is 0.0228. The molecule has 2 heterocycles. The number of rotatable bonds is 0. The summed E-state index contributed by atoms with van der Waals surface area (Å²) in [5.41, 5.74) is 0. The first kappa shape index (κ1) is 5.69. The van der Waals surface area contributed by atoms with Crippen LogP contribution in [0.15, 0.2) is 0 Å². The molecular weight excluding hydrogens is 114 g/mol. The fourth-order valence-corrected chi connectivity index (χ4v) is 1.95. The zero-order valence-corrected chi connectivity index (χ0v) is 5.51. The van der Waals surface area contributed by atoms with E-state index in [0.29, 0.717) is 12.0 Å². The van der Waals surface area contributed by atoms with Crippen LogP contribution >= 0.6 is 0 Å². The van der Waals surface area contributed by atoms with Crippen LogP contribution in [0.1, 0.15) is 19.3 Å². The number of piperidine rings is 2. The van der Waals surface area contributed by atoms with Gasteiger partial charge in [0.25, 0.3) is 0 Å². The van der Waals surface area contributed by atoms with Gasteiger partial charge in [0, 0.05) is 12.6 Å². The molecule has 0 amide bonds. The van der Waals surface area contributed by atoms with Crippen molar-refractivity contribution in [2.75, 3.05) is 6.54 Å². The number of aliphatic hydroxyl groups is 1. The normalized spacial score (nSPS) is 49.7. The fraction of sp³-hybridized carbons (Fsp3) is 1.00. The topological polar surface area (TPSA) is 32.3 Å². The minimum atomic E-state index is 0.00463. The van der Waals surface area contributed by atoms with E-state index in [0.717, 1.165) is 13.0 Å². The molecule has 52 valence electrons. The molecule has 3 fully saturated rings. The molecule has 0 aromatic rings. The van der Waals surface area contributed by atoms with Crippen LogP contribution in [0.4, 0.5) is 0 Å². The van der Waals surface area contributed by atoms with Gasteiger partial charge in [0.05, 0.1) is 6.10 Å². The van der Waals surface area contributed by atoms with Crippen LogP contribution in [-0.4, -0.2) is 23.8 Å². The Bertz CT molecular complexity index is 107. The van der Waals surface area contributed by atoms with Crippen molar-refractivity contribution in [2.24, 2.45) is 5.92 Å². The highest BCUT2D eigenvalue weighted by Crippen LogP contribution is 2.28. The highest BCUT2D eigenvalue weighted by atomic mass is 16.3. The third-order valence-electron chi connectivity index (χ3n) is 2.62. The Morgan fingerprint density at radius 2 is 2.22 bits per heavy atom. The smallest absolute Gasteiger partial charge is 0.0595 e. The van der Waals surface area contributed by atoms with Crippen LogP contribution in [0.5, 0.6) is 0 Å². The van der Waals surface area contributed by atoms with Gasteiger partial charge < -0.3 is 10.4 Å². The molecular formula is C7H13NO. The molecule has 3 aliphatic rings. The zero-order valence-electron chi connectivity index (χ0n) is 5.51. The van der Waals surface area contributed by atoms with Gasteiger partial charge in [0.15, 0.2) is 0 Å². The zero-order chi connectivity index (χ0) is 6.27. The van der Waals surface area contributed by atoms with Crippen LogP contribution in [-0.2, 0) is 0 Å². The summed E-state index contributed by atoms with van der Waals surface area (Å²) in [4.78, 5) is 0. The second kappa shape index (κ2) is 1.96. The summed E-state index contributed by atoms with van der Waals surface area (Å²) in [6, 6.07) is 0.630. The van der Waals surface area contributed by atoms with Gasteiger partial charge in [-0.1, -0.05) is 0 Å². The largest absolute Gasteiger partial charge is 0.393 e. The van der Waals surface area contributed by atoms with E-state index in [9.17, 15) is 5.11 Å². The SMILES string of the molecule is O[C@H]1C[C@H]2CC[C@H]1CN2. The van der Waals surface area contributed by atoms with E-state index in [2.05, 4.69) is 5.32 Å². The molecule has 9 heavy (non-hydrogen) atoms. The third kappa shape index (κ3) is 0.864. The summed E-state index contributed by atoms with van der Waals surface area (Å²) in [5, 5.41) is 12.7. The maximum absolute atomic E-state index is 9.36. The van der Waals surface area contributed by atoms with Gasteiger partial charge >= 0.3 is 0 Å². The third-order valence-corrected chi connectivity index (χ3v) is 2.62. The Morgan fingerprint density at radius 1 is 1.33 bits per heavy atom. The Hall–Kier alpha value is -0.0800. The van der Waals surface area contributed by atoms with E-state index in [1.807, 2.05) is 0 Å². The molecule has 0 radical (unpaired) electrons. The Morgan fingerprint density at radius 3 is 2.44 bits per heavy atom. The fourth-order valence-electron chi connectivity index (χ4n) is 1.95. The van der Waals surface area contributed by atoms with Gasteiger partial charge in [-0.3, -0.25) is 0 Å². The number of hydrogen-bond acceptors (Lipinski definition) is 2. The lowest BCUT2D eigenvalue weighted by Crippen LogP contribution is -2.51. The minimum absolute atomic E-state index is 0.00463. The first-order chi connectivity index (χ1) is 4.36.